The van der Waals surface area contributed by atoms with Crippen LogP contribution in [0.4, 0.5) is 5.69 Å². The van der Waals surface area contributed by atoms with Crippen LogP contribution in [0.15, 0.2) is 60.7 Å². The van der Waals surface area contributed by atoms with Gasteiger partial charge in [0.25, 0.3) is 0 Å². The molecule has 1 saturated heterocycles. The van der Waals surface area contributed by atoms with E-state index in [2.05, 4.69) is 19.1 Å². The molecule has 2 heterocycles. The minimum Gasteiger partial charge on any atom is -0.394 e. The number of benzene rings is 2. The highest BCUT2D eigenvalue weighted by Crippen LogP contribution is 2.30. The summed E-state index contributed by atoms with van der Waals surface area (Å²) in [5, 5.41) is 9.87. The molecule has 37 heavy (non-hydrogen) atoms. The third-order valence-electron chi connectivity index (χ3n) is 7.71. The summed E-state index contributed by atoms with van der Waals surface area (Å²) in [6.45, 7) is 3.36. The van der Waals surface area contributed by atoms with Gasteiger partial charge in [-0.25, -0.2) is 0 Å². The van der Waals surface area contributed by atoms with Crippen molar-refractivity contribution in [2.45, 2.75) is 70.6 Å². The van der Waals surface area contributed by atoms with E-state index in [1.807, 2.05) is 53.5 Å². The summed E-state index contributed by atoms with van der Waals surface area (Å²) in [7, 11) is 1.70. The van der Waals surface area contributed by atoms with Crippen LogP contribution in [0, 0.1) is 5.92 Å². The molecule has 3 atom stereocenters. The quantitative estimate of drug-likeness (QED) is 0.502. The van der Waals surface area contributed by atoms with Crippen molar-refractivity contribution in [3.8, 4) is 0 Å². The van der Waals surface area contributed by atoms with Crippen LogP contribution in [0.5, 0.6) is 0 Å². The van der Waals surface area contributed by atoms with Gasteiger partial charge < -0.3 is 19.6 Å². The maximum atomic E-state index is 13.0. The monoisotopic (exact) mass is 504 g/mol. The van der Waals surface area contributed by atoms with Crippen LogP contribution in [0.1, 0.15) is 68.2 Å². The third-order valence-corrected chi connectivity index (χ3v) is 7.71. The first-order chi connectivity index (χ1) is 18.0. The van der Waals surface area contributed by atoms with E-state index in [1.54, 1.807) is 12.0 Å². The lowest BCUT2D eigenvalue weighted by Gasteiger charge is -2.36. The molecule has 0 radical (unpaired) electrons. The van der Waals surface area contributed by atoms with Crippen LogP contribution >= 0.6 is 0 Å². The number of aliphatic hydroxyl groups excluding tert-OH is 1. The average Bonchev–Trinajstić information content (AvgIpc) is 2.91. The predicted octanol–water partition coefficient (Wildman–Crippen LogP) is 5.20. The number of amides is 2. The van der Waals surface area contributed by atoms with E-state index in [4.69, 9.17) is 4.74 Å². The second-order valence-corrected chi connectivity index (χ2v) is 10.3. The third kappa shape index (κ3) is 6.68. The summed E-state index contributed by atoms with van der Waals surface area (Å²) in [6, 6.07) is 16.1. The van der Waals surface area contributed by atoms with Crippen LogP contribution in [0.25, 0.3) is 0 Å². The zero-order valence-electron chi connectivity index (χ0n) is 22.1. The van der Waals surface area contributed by atoms with Crippen molar-refractivity contribution in [1.82, 2.24) is 4.90 Å². The molecule has 2 amide bonds. The average molecular weight is 505 g/mol. The van der Waals surface area contributed by atoms with Gasteiger partial charge in [0.15, 0.2) is 0 Å². The Balaban J connectivity index is 1.37. The molecule has 2 aromatic carbocycles. The molecular weight excluding hydrogens is 464 g/mol. The summed E-state index contributed by atoms with van der Waals surface area (Å²) in [5.41, 5.74) is 4.35. The molecule has 1 fully saturated rings. The Morgan fingerprint density at radius 1 is 1.08 bits per heavy atom. The van der Waals surface area contributed by atoms with Gasteiger partial charge in [-0.3, -0.25) is 9.59 Å². The maximum Gasteiger partial charge on any atom is 0.227 e. The molecule has 0 bridgehead atoms. The molecule has 6 nitrogen and oxygen atoms in total. The van der Waals surface area contributed by atoms with Crippen molar-refractivity contribution in [2.75, 3.05) is 25.2 Å². The molecule has 0 aliphatic carbocycles. The van der Waals surface area contributed by atoms with Gasteiger partial charge in [0, 0.05) is 44.6 Å². The Hall–Kier alpha value is -2.96. The minimum atomic E-state index is -0.182. The number of carbonyl (C=O) groups excluding carboxylic acids is 2. The Labute approximate surface area is 220 Å². The molecule has 198 valence electrons. The van der Waals surface area contributed by atoms with Gasteiger partial charge in [0.2, 0.25) is 11.8 Å². The van der Waals surface area contributed by atoms with Crippen molar-refractivity contribution in [3.05, 3.63) is 77.4 Å². The molecule has 2 aromatic rings. The Bertz CT molecular complexity index is 1080. The predicted molar refractivity (Wildman–Crippen MR) is 146 cm³/mol. The van der Waals surface area contributed by atoms with E-state index in [-0.39, 0.29) is 42.9 Å². The van der Waals surface area contributed by atoms with Crippen LogP contribution in [0.2, 0.25) is 0 Å². The summed E-state index contributed by atoms with van der Waals surface area (Å²) in [4.78, 5) is 29.3. The lowest BCUT2D eigenvalue weighted by Crippen LogP contribution is -2.46. The molecular formula is C31H40N2O4. The number of nitrogens with zero attached hydrogens (tertiary/aromatic N) is 2. The zero-order valence-corrected chi connectivity index (χ0v) is 22.1. The van der Waals surface area contributed by atoms with Crippen molar-refractivity contribution in [1.29, 1.82) is 0 Å². The van der Waals surface area contributed by atoms with Gasteiger partial charge >= 0.3 is 0 Å². The van der Waals surface area contributed by atoms with Gasteiger partial charge in [0.05, 0.1) is 18.8 Å². The van der Waals surface area contributed by atoms with E-state index in [1.165, 1.54) is 12.0 Å². The van der Waals surface area contributed by atoms with Crippen LogP contribution in [0.3, 0.4) is 0 Å². The van der Waals surface area contributed by atoms with Crippen LogP contribution < -0.4 is 4.90 Å². The molecule has 0 saturated carbocycles. The van der Waals surface area contributed by atoms with E-state index < -0.39 is 0 Å². The summed E-state index contributed by atoms with van der Waals surface area (Å²) in [5.74, 6) is 0.285. The molecule has 0 aromatic heterocycles. The molecule has 2 aliphatic rings. The van der Waals surface area contributed by atoms with Crippen molar-refractivity contribution in [3.63, 3.8) is 0 Å². The number of hydrogen-bond acceptors (Lipinski definition) is 4. The van der Waals surface area contributed by atoms with Gasteiger partial charge in [0.1, 0.15) is 0 Å². The molecule has 2 aliphatic heterocycles. The lowest BCUT2D eigenvalue weighted by atomic mass is 9.93. The fourth-order valence-corrected chi connectivity index (χ4v) is 5.57. The second kappa shape index (κ2) is 13.0. The number of anilines is 1. The second-order valence-electron chi connectivity index (χ2n) is 10.3. The molecule has 6 heteroatoms. The Morgan fingerprint density at radius 2 is 1.81 bits per heavy atom. The van der Waals surface area contributed by atoms with Crippen molar-refractivity contribution >= 4 is 17.5 Å². The minimum absolute atomic E-state index is 0.0215. The lowest BCUT2D eigenvalue weighted by molar-refractivity contribution is -0.134. The number of fused-ring (bicyclic) bond motifs is 1. The number of ether oxygens (including phenoxy) is 1. The smallest absolute Gasteiger partial charge is 0.227 e. The maximum absolute atomic E-state index is 13.0. The van der Waals surface area contributed by atoms with Crippen molar-refractivity contribution < 1.29 is 19.4 Å². The highest BCUT2D eigenvalue weighted by molar-refractivity contribution is 5.93. The van der Waals surface area contributed by atoms with Crippen molar-refractivity contribution in [2.24, 2.45) is 5.92 Å². The van der Waals surface area contributed by atoms with Crippen LogP contribution in [-0.2, 0) is 27.3 Å². The first-order valence-electron chi connectivity index (χ1n) is 13.6. The first kappa shape index (κ1) is 27.1. The number of methoxy groups -OCH3 is 1. The van der Waals surface area contributed by atoms with Gasteiger partial charge in [-0.2, -0.15) is 0 Å². The fraction of sp³-hybridized carbons (Fsp3) is 0.484. The van der Waals surface area contributed by atoms with Gasteiger partial charge in [-0.15, -0.1) is 0 Å². The normalized spacial score (nSPS) is 20.3. The number of aliphatic hydroxyl groups is 1. The highest BCUT2D eigenvalue weighted by atomic mass is 16.5. The Morgan fingerprint density at radius 3 is 2.54 bits per heavy atom. The largest absolute Gasteiger partial charge is 0.394 e. The Kier molecular flexibility index (Phi) is 9.53. The zero-order chi connectivity index (χ0) is 26.2. The van der Waals surface area contributed by atoms with E-state index in [0.29, 0.717) is 19.4 Å². The summed E-state index contributed by atoms with van der Waals surface area (Å²) < 4.78 is 5.83. The standard InChI is InChI=1S/C31H40N2O4/c1-23(10-9-14-30(36)33-21-26-12-7-6-11-25(26)20-28(33)22-34)31(37-2)24-15-17-27(18-16-24)32-19-8-4-3-5-13-29(32)35/h6-7,9-12,15-18,23,28,31,34H,3-5,8,13-14,19-22H2,1-2H3/b10-9+/t23-,28-,31+/m0/s1. The van der Waals surface area contributed by atoms with Crippen LogP contribution in [-0.4, -0.2) is 48.1 Å². The first-order valence-corrected chi connectivity index (χ1v) is 13.6. The summed E-state index contributed by atoms with van der Waals surface area (Å²) >= 11 is 0. The van der Waals surface area contributed by atoms with Gasteiger partial charge in [-0.1, -0.05) is 68.3 Å². The number of carbonyl (C=O) groups is 2. The summed E-state index contributed by atoms with van der Waals surface area (Å²) in [6.07, 6.45) is 9.70. The fourth-order valence-electron chi connectivity index (χ4n) is 5.57. The topological polar surface area (TPSA) is 70.1 Å². The number of rotatable bonds is 8. The van der Waals surface area contributed by atoms with E-state index in [0.717, 1.165) is 42.6 Å². The molecule has 4 rings (SSSR count). The molecule has 0 unspecified atom stereocenters. The SMILES string of the molecule is CO[C@@H](c1ccc(N2CCCCCCC2=O)cc1)[C@@H](C)/C=C/CC(=O)N1Cc2ccccc2C[C@H]1CO. The number of hydrogen-bond donors (Lipinski definition) is 1. The molecule has 0 spiro atoms. The highest BCUT2D eigenvalue weighted by Gasteiger charge is 2.28. The van der Waals surface area contributed by atoms with Gasteiger partial charge in [-0.05, 0) is 48.1 Å². The van der Waals surface area contributed by atoms with E-state index >= 15 is 0 Å². The van der Waals surface area contributed by atoms with E-state index in [9.17, 15) is 14.7 Å². The molecule has 1 N–H and O–H groups in total.